The second-order valence-corrected chi connectivity index (χ2v) is 9.89. The van der Waals surface area contributed by atoms with Gasteiger partial charge in [-0.1, -0.05) is 19.1 Å². The van der Waals surface area contributed by atoms with Gasteiger partial charge >= 0.3 is 0 Å². The molecule has 1 amide bonds. The normalized spacial score (nSPS) is 13.9. The summed E-state index contributed by atoms with van der Waals surface area (Å²) < 4.78 is 25.0. The number of rotatable bonds is 6. The summed E-state index contributed by atoms with van der Waals surface area (Å²) in [5, 5.41) is 8.16. The van der Waals surface area contributed by atoms with E-state index in [4.69, 9.17) is 5.73 Å². The molecule has 4 rings (SSSR count). The van der Waals surface area contributed by atoms with E-state index in [1.165, 1.54) is 16.6 Å². The maximum absolute atomic E-state index is 12.8. The number of carbonyl (C=O) groups is 1. The molecule has 0 aliphatic rings. The Balaban J connectivity index is 1.92. The first-order valence-electron chi connectivity index (χ1n) is 10.2. The number of para-hydroxylation sites is 1. The van der Waals surface area contributed by atoms with Crippen LogP contribution in [0.2, 0.25) is 0 Å². The van der Waals surface area contributed by atoms with Crippen molar-refractivity contribution in [2.45, 2.75) is 30.7 Å². The van der Waals surface area contributed by atoms with Gasteiger partial charge in [-0.05, 0) is 49.7 Å². The Morgan fingerprint density at radius 3 is 2.47 bits per heavy atom. The Morgan fingerprint density at radius 1 is 1.12 bits per heavy atom. The summed E-state index contributed by atoms with van der Waals surface area (Å²) in [6, 6.07) is 13.7. The number of hydrogen-bond acceptors (Lipinski definition) is 7. The van der Waals surface area contributed by atoms with Crippen molar-refractivity contribution in [2.24, 2.45) is 5.73 Å². The van der Waals surface area contributed by atoms with Crippen molar-refractivity contribution in [2.75, 3.05) is 12.8 Å². The molecule has 1 atom stereocenters. The molecule has 166 valence electrons. The second kappa shape index (κ2) is 7.95. The van der Waals surface area contributed by atoms with Crippen LogP contribution in [0.3, 0.4) is 0 Å². The van der Waals surface area contributed by atoms with E-state index < -0.39 is 15.4 Å². The monoisotopic (exact) mass is 452 g/mol. The van der Waals surface area contributed by atoms with Crippen LogP contribution in [0.5, 0.6) is 0 Å². The van der Waals surface area contributed by atoms with Gasteiger partial charge in [0.25, 0.3) is 0 Å². The molecule has 0 bridgehead atoms. The minimum Gasteiger partial charge on any atom is -0.354 e. The fourth-order valence-electron chi connectivity index (χ4n) is 3.39. The zero-order valence-electron chi connectivity index (χ0n) is 18.0. The molecule has 0 radical (unpaired) electrons. The van der Waals surface area contributed by atoms with Crippen LogP contribution in [0.15, 0.2) is 53.4 Å². The molecule has 0 unspecified atom stereocenters. The van der Waals surface area contributed by atoms with Crippen LogP contribution in [0.4, 0.5) is 0 Å². The van der Waals surface area contributed by atoms with Gasteiger partial charge in [-0.2, -0.15) is 4.52 Å². The molecule has 9 nitrogen and oxygen atoms in total. The molecule has 0 fully saturated rings. The van der Waals surface area contributed by atoms with E-state index >= 15 is 0 Å². The summed E-state index contributed by atoms with van der Waals surface area (Å²) in [7, 11) is -3.32. The molecule has 2 aromatic heterocycles. The van der Waals surface area contributed by atoms with Crippen LogP contribution in [0.25, 0.3) is 27.9 Å². The summed E-state index contributed by atoms with van der Waals surface area (Å²) in [4.78, 5) is 22.4. The third-order valence-electron chi connectivity index (χ3n) is 5.19. The lowest BCUT2D eigenvalue weighted by atomic mass is 10.0. The van der Waals surface area contributed by atoms with Crippen LogP contribution >= 0.6 is 0 Å². The quantitative estimate of drug-likeness (QED) is 0.457. The minimum atomic E-state index is -3.32. The van der Waals surface area contributed by atoms with Crippen LogP contribution in [-0.4, -0.2) is 46.7 Å². The number of sulfone groups is 1. The number of amides is 1. The first-order chi connectivity index (χ1) is 15.1. The third kappa shape index (κ3) is 3.82. The van der Waals surface area contributed by atoms with Crippen LogP contribution in [0.1, 0.15) is 26.1 Å². The van der Waals surface area contributed by atoms with E-state index in [0.717, 1.165) is 18.1 Å². The highest BCUT2D eigenvalue weighted by Crippen LogP contribution is 2.26. The average Bonchev–Trinajstić information content (AvgIpc) is 3.22. The lowest BCUT2D eigenvalue weighted by Crippen LogP contribution is -2.51. The summed E-state index contributed by atoms with van der Waals surface area (Å²) in [6.45, 7) is 4.05. The number of nitrogens with two attached hydrogens (primary N) is 1. The summed E-state index contributed by atoms with van der Waals surface area (Å²) in [5.41, 5.74) is 6.79. The molecule has 10 heteroatoms. The Bertz CT molecular complexity index is 1430. The molecule has 4 aromatic rings. The molecule has 0 spiro atoms. The zero-order valence-corrected chi connectivity index (χ0v) is 18.8. The van der Waals surface area contributed by atoms with Crippen molar-refractivity contribution in [3.05, 3.63) is 54.4 Å². The number of carbonyl (C=O) groups excluding carboxylic acids is 1. The van der Waals surface area contributed by atoms with E-state index in [9.17, 15) is 13.2 Å². The Kier molecular flexibility index (Phi) is 5.43. The van der Waals surface area contributed by atoms with Crippen molar-refractivity contribution >= 4 is 32.3 Å². The number of fused-ring (bicyclic) bond motifs is 3. The van der Waals surface area contributed by atoms with Crippen LogP contribution in [0, 0.1) is 0 Å². The van der Waals surface area contributed by atoms with Crippen molar-refractivity contribution in [3.63, 3.8) is 0 Å². The van der Waals surface area contributed by atoms with Crippen molar-refractivity contribution in [3.8, 4) is 11.4 Å². The Morgan fingerprint density at radius 2 is 1.81 bits per heavy atom. The van der Waals surface area contributed by atoms with Gasteiger partial charge in [0.15, 0.2) is 32.7 Å². The highest BCUT2D eigenvalue weighted by atomic mass is 32.2. The smallest absolute Gasteiger partial charge is 0.247 e. The fraction of sp³-hybridized carbons (Fsp3) is 0.273. The third-order valence-corrected chi connectivity index (χ3v) is 6.32. The van der Waals surface area contributed by atoms with Crippen LogP contribution < -0.4 is 11.1 Å². The number of benzene rings is 2. The zero-order chi connectivity index (χ0) is 23.1. The van der Waals surface area contributed by atoms with Crippen LogP contribution in [-0.2, 0) is 20.2 Å². The van der Waals surface area contributed by atoms with Gasteiger partial charge in [-0.15, -0.1) is 5.10 Å². The molecule has 32 heavy (non-hydrogen) atoms. The lowest BCUT2D eigenvalue weighted by molar-refractivity contribution is -0.126. The van der Waals surface area contributed by atoms with Gasteiger partial charge in [0.2, 0.25) is 5.91 Å². The van der Waals surface area contributed by atoms with Gasteiger partial charge < -0.3 is 11.1 Å². The van der Waals surface area contributed by atoms with Gasteiger partial charge in [0.1, 0.15) is 0 Å². The maximum atomic E-state index is 12.8. The molecule has 2 heterocycles. The molecular formula is C22H24N6O3S. The van der Waals surface area contributed by atoms with E-state index in [2.05, 4.69) is 20.4 Å². The van der Waals surface area contributed by atoms with E-state index in [0.29, 0.717) is 29.1 Å². The standard InChI is InChI=1S/C22H24N6O3S/c1-4-13-24-21(29)22(2,23)20-25-17-8-6-5-7-16(17)19-26-18(27-28(19)20)14-9-11-15(12-10-14)32(3,30)31/h5-12H,4,13,23H2,1-3H3,(H,24,29)/t22-/m0/s1. The van der Waals surface area contributed by atoms with Crippen molar-refractivity contribution in [1.29, 1.82) is 0 Å². The second-order valence-electron chi connectivity index (χ2n) is 7.88. The molecule has 3 N–H and O–H groups in total. The number of aromatic nitrogens is 4. The predicted octanol–water partition coefficient (Wildman–Crippen LogP) is 2.05. The Labute approximate surface area is 185 Å². The molecule has 0 saturated heterocycles. The average molecular weight is 453 g/mol. The van der Waals surface area contributed by atoms with E-state index in [1.54, 1.807) is 19.1 Å². The lowest BCUT2D eigenvalue weighted by Gasteiger charge is -2.23. The van der Waals surface area contributed by atoms with Gasteiger partial charge in [0, 0.05) is 23.8 Å². The largest absolute Gasteiger partial charge is 0.354 e. The summed E-state index contributed by atoms with van der Waals surface area (Å²) in [6.07, 6.45) is 1.93. The highest BCUT2D eigenvalue weighted by Gasteiger charge is 2.36. The molecular weight excluding hydrogens is 428 g/mol. The number of nitrogens with zero attached hydrogens (tertiary/aromatic N) is 4. The van der Waals surface area contributed by atoms with Gasteiger partial charge in [-0.25, -0.2) is 18.4 Å². The molecule has 2 aromatic carbocycles. The van der Waals surface area contributed by atoms with Crippen molar-refractivity contribution in [1.82, 2.24) is 24.9 Å². The number of hydrogen-bond donors (Lipinski definition) is 2. The summed E-state index contributed by atoms with van der Waals surface area (Å²) in [5.74, 6) is 0.263. The van der Waals surface area contributed by atoms with Gasteiger partial charge in [0.05, 0.1) is 10.4 Å². The van der Waals surface area contributed by atoms with E-state index in [1.807, 2.05) is 31.2 Å². The molecule has 0 saturated carbocycles. The first kappa shape index (κ1) is 21.8. The Hall–Kier alpha value is -3.37. The fourth-order valence-corrected chi connectivity index (χ4v) is 4.02. The number of nitrogens with one attached hydrogen (secondary N) is 1. The summed E-state index contributed by atoms with van der Waals surface area (Å²) >= 11 is 0. The maximum Gasteiger partial charge on any atom is 0.247 e. The SMILES string of the molecule is CCCNC(=O)[C@@](C)(N)c1nc2ccccc2c2nc(-c3ccc(S(C)(=O)=O)cc3)nn12. The van der Waals surface area contributed by atoms with E-state index in [-0.39, 0.29) is 16.6 Å². The predicted molar refractivity (Wildman–Crippen MR) is 122 cm³/mol. The molecule has 0 aliphatic carbocycles. The molecule has 0 aliphatic heterocycles. The minimum absolute atomic E-state index is 0.208. The van der Waals surface area contributed by atoms with Crippen molar-refractivity contribution < 1.29 is 13.2 Å². The first-order valence-corrected chi connectivity index (χ1v) is 12.1. The topological polar surface area (TPSA) is 132 Å². The van der Waals surface area contributed by atoms with Gasteiger partial charge in [-0.3, -0.25) is 4.79 Å². The highest BCUT2D eigenvalue weighted by molar-refractivity contribution is 7.90.